The molecule has 5 heteroatoms. The van der Waals surface area contributed by atoms with E-state index in [-0.39, 0.29) is 11.8 Å². The van der Waals surface area contributed by atoms with Crippen LogP contribution in [-0.4, -0.2) is 24.1 Å². The Balaban J connectivity index is 1.83. The molecular formula is C18H20N2O2S. The van der Waals surface area contributed by atoms with E-state index in [2.05, 4.69) is 10.6 Å². The van der Waals surface area contributed by atoms with Crippen molar-refractivity contribution in [2.24, 2.45) is 0 Å². The summed E-state index contributed by atoms with van der Waals surface area (Å²) in [5.41, 5.74) is 1.19. The van der Waals surface area contributed by atoms with Crippen LogP contribution in [-0.2, 0) is 4.79 Å². The second-order valence-corrected chi connectivity index (χ2v) is 6.07. The van der Waals surface area contributed by atoms with Crippen LogP contribution in [0.1, 0.15) is 23.7 Å². The number of nitrogens with one attached hydrogen (secondary N) is 2. The average Bonchev–Trinajstić information content (AvgIpc) is 2.56. The Bertz CT molecular complexity index is 659. The second-order valence-electron chi connectivity index (χ2n) is 4.90. The Labute approximate surface area is 140 Å². The SMILES string of the molecule is CCNC(=O)c1cccc(NC(=O)CCSc2ccccc2)c1. The van der Waals surface area contributed by atoms with E-state index in [9.17, 15) is 9.59 Å². The van der Waals surface area contributed by atoms with Crippen LogP contribution < -0.4 is 10.6 Å². The third-order valence-electron chi connectivity index (χ3n) is 3.09. The van der Waals surface area contributed by atoms with E-state index in [1.165, 1.54) is 0 Å². The van der Waals surface area contributed by atoms with Gasteiger partial charge in [0.05, 0.1) is 0 Å². The largest absolute Gasteiger partial charge is 0.352 e. The summed E-state index contributed by atoms with van der Waals surface area (Å²) in [5.74, 6) is 0.524. The van der Waals surface area contributed by atoms with Crippen molar-refractivity contribution >= 4 is 29.3 Å². The van der Waals surface area contributed by atoms with Gasteiger partial charge in [0.2, 0.25) is 5.91 Å². The third-order valence-corrected chi connectivity index (χ3v) is 4.10. The topological polar surface area (TPSA) is 58.2 Å². The van der Waals surface area contributed by atoms with Crippen molar-refractivity contribution < 1.29 is 9.59 Å². The molecule has 0 aliphatic rings. The summed E-state index contributed by atoms with van der Waals surface area (Å²) in [6.07, 6.45) is 0.422. The molecule has 0 unspecified atom stereocenters. The van der Waals surface area contributed by atoms with Crippen LogP contribution in [0.5, 0.6) is 0 Å². The van der Waals surface area contributed by atoms with Gasteiger partial charge in [0.15, 0.2) is 0 Å². The van der Waals surface area contributed by atoms with Gasteiger partial charge >= 0.3 is 0 Å². The van der Waals surface area contributed by atoms with Gasteiger partial charge in [0.25, 0.3) is 5.91 Å². The molecule has 0 radical (unpaired) electrons. The maximum atomic E-state index is 12.0. The fourth-order valence-corrected chi connectivity index (χ4v) is 2.88. The highest BCUT2D eigenvalue weighted by Crippen LogP contribution is 2.18. The van der Waals surface area contributed by atoms with Gasteiger partial charge in [-0.25, -0.2) is 0 Å². The van der Waals surface area contributed by atoms with Gasteiger partial charge in [-0.3, -0.25) is 9.59 Å². The fraction of sp³-hybridized carbons (Fsp3) is 0.222. The number of anilines is 1. The lowest BCUT2D eigenvalue weighted by Crippen LogP contribution is -2.22. The highest BCUT2D eigenvalue weighted by molar-refractivity contribution is 7.99. The quantitative estimate of drug-likeness (QED) is 0.764. The lowest BCUT2D eigenvalue weighted by molar-refractivity contribution is -0.115. The summed E-state index contributed by atoms with van der Waals surface area (Å²) in [6.45, 7) is 2.44. The minimum atomic E-state index is -0.136. The summed E-state index contributed by atoms with van der Waals surface area (Å²) in [7, 11) is 0. The van der Waals surface area contributed by atoms with Crippen molar-refractivity contribution in [3.05, 3.63) is 60.2 Å². The summed E-state index contributed by atoms with van der Waals surface area (Å²) < 4.78 is 0. The number of thioether (sulfide) groups is 1. The Morgan fingerprint density at radius 3 is 2.57 bits per heavy atom. The lowest BCUT2D eigenvalue weighted by Gasteiger charge is -2.07. The Kier molecular flexibility index (Phi) is 6.69. The van der Waals surface area contributed by atoms with Crippen molar-refractivity contribution in [2.45, 2.75) is 18.2 Å². The summed E-state index contributed by atoms with van der Waals surface area (Å²) in [6, 6.07) is 16.9. The molecule has 2 N–H and O–H groups in total. The molecule has 0 aliphatic carbocycles. The molecule has 0 atom stereocenters. The molecule has 0 saturated carbocycles. The molecule has 4 nitrogen and oxygen atoms in total. The maximum absolute atomic E-state index is 12.0. The van der Waals surface area contributed by atoms with E-state index in [1.807, 2.05) is 37.3 Å². The predicted molar refractivity (Wildman–Crippen MR) is 94.9 cm³/mol. The molecule has 2 rings (SSSR count). The van der Waals surface area contributed by atoms with Gasteiger partial charge in [-0.15, -0.1) is 11.8 Å². The predicted octanol–water partition coefficient (Wildman–Crippen LogP) is 3.56. The van der Waals surface area contributed by atoms with E-state index in [0.717, 1.165) is 4.90 Å². The first-order chi connectivity index (χ1) is 11.2. The maximum Gasteiger partial charge on any atom is 0.251 e. The normalized spacial score (nSPS) is 10.1. The van der Waals surface area contributed by atoms with E-state index in [0.29, 0.717) is 30.0 Å². The van der Waals surface area contributed by atoms with Gasteiger partial charge in [-0.1, -0.05) is 24.3 Å². The zero-order valence-electron chi connectivity index (χ0n) is 13.0. The molecule has 2 aromatic carbocycles. The zero-order chi connectivity index (χ0) is 16.5. The van der Waals surface area contributed by atoms with Crippen LogP contribution in [0.2, 0.25) is 0 Å². The lowest BCUT2D eigenvalue weighted by atomic mass is 10.2. The zero-order valence-corrected chi connectivity index (χ0v) is 13.9. The Morgan fingerprint density at radius 1 is 1.04 bits per heavy atom. The number of benzene rings is 2. The summed E-state index contributed by atoms with van der Waals surface area (Å²) >= 11 is 1.65. The molecule has 2 amide bonds. The van der Waals surface area contributed by atoms with E-state index in [1.54, 1.807) is 36.0 Å². The van der Waals surface area contributed by atoms with Crippen LogP contribution in [0.3, 0.4) is 0 Å². The molecular weight excluding hydrogens is 308 g/mol. The standard InChI is InChI=1S/C18H20N2O2S/c1-2-19-18(22)14-7-6-8-15(13-14)20-17(21)11-12-23-16-9-4-3-5-10-16/h3-10,13H,2,11-12H2,1H3,(H,19,22)(H,20,21). The minimum Gasteiger partial charge on any atom is -0.352 e. The molecule has 0 aliphatic heterocycles. The molecule has 23 heavy (non-hydrogen) atoms. The van der Waals surface area contributed by atoms with E-state index < -0.39 is 0 Å². The first kappa shape index (κ1) is 17.1. The molecule has 120 valence electrons. The van der Waals surface area contributed by atoms with Gasteiger partial charge in [-0.05, 0) is 37.3 Å². The summed E-state index contributed by atoms with van der Waals surface area (Å²) in [5, 5.41) is 5.57. The van der Waals surface area contributed by atoms with Crippen LogP contribution in [0, 0.1) is 0 Å². The van der Waals surface area contributed by atoms with Crippen molar-refractivity contribution in [3.8, 4) is 0 Å². The fourth-order valence-electron chi connectivity index (χ4n) is 2.00. The second kappa shape index (κ2) is 9.00. The summed E-state index contributed by atoms with van der Waals surface area (Å²) in [4.78, 5) is 24.9. The number of carbonyl (C=O) groups excluding carboxylic acids is 2. The number of hydrogen-bond donors (Lipinski definition) is 2. The van der Waals surface area contributed by atoms with Crippen molar-refractivity contribution in [1.29, 1.82) is 0 Å². The smallest absolute Gasteiger partial charge is 0.251 e. The molecule has 0 spiro atoms. The highest BCUT2D eigenvalue weighted by atomic mass is 32.2. The minimum absolute atomic E-state index is 0.0542. The molecule has 0 aromatic heterocycles. The average molecular weight is 328 g/mol. The molecule has 0 saturated heterocycles. The number of rotatable bonds is 7. The molecule has 2 aromatic rings. The number of amides is 2. The van der Waals surface area contributed by atoms with Gasteiger partial charge < -0.3 is 10.6 Å². The van der Waals surface area contributed by atoms with Crippen molar-refractivity contribution in [3.63, 3.8) is 0 Å². The highest BCUT2D eigenvalue weighted by Gasteiger charge is 2.07. The van der Waals surface area contributed by atoms with Crippen molar-refractivity contribution in [1.82, 2.24) is 5.32 Å². The number of hydrogen-bond acceptors (Lipinski definition) is 3. The van der Waals surface area contributed by atoms with Gasteiger partial charge in [-0.2, -0.15) is 0 Å². The Morgan fingerprint density at radius 2 is 1.83 bits per heavy atom. The van der Waals surface area contributed by atoms with Gasteiger partial charge in [0, 0.05) is 34.9 Å². The first-order valence-electron chi connectivity index (χ1n) is 7.55. The van der Waals surface area contributed by atoms with Crippen LogP contribution in [0.15, 0.2) is 59.5 Å². The van der Waals surface area contributed by atoms with E-state index in [4.69, 9.17) is 0 Å². The molecule has 0 fully saturated rings. The number of carbonyl (C=O) groups is 2. The van der Waals surface area contributed by atoms with Crippen molar-refractivity contribution in [2.75, 3.05) is 17.6 Å². The molecule has 0 bridgehead atoms. The van der Waals surface area contributed by atoms with Crippen LogP contribution in [0.4, 0.5) is 5.69 Å². The molecule has 0 heterocycles. The third kappa shape index (κ3) is 5.79. The van der Waals surface area contributed by atoms with Crippen LogP contribution in [0.25, 0.3) is 0 Å². The Hall–Kier alpha value is -2.27. The van der Waals surface area contributed by atoms with Gasteiger partial charge in [0.1, 0.15) is 0 Å². The van der Waals surface area contributed by atoms with Crippen LogP contribution >= 0.6 is 11.8 Å². The first-order valence-corrected chi connectivity index (χ1v) is 8.53. The van der Waals surface area contributed by atoms with E-state index >= 15 is 0 Å². The monoisotopic (exact) mass is 328 g/mol.